The largest absolute Gasteiger partial charge is 0.490 e. The minimum Gasteiger partial charge on any atom is -0.490 e. The van der Waals surface area contributed by atoms with Gasteiger partial charge < -0.3 is 14.8 Å². The van der Waals surface area contributed by atoms with Gasteiger partial charge >= 0.3 is 0 Å². The van der Waals surface area contributed by atoms with Gasteiger partial charge in [-0.2, -0.15) is 5.10 Å². The van der Waals surface area contributed by atoms with Crippen LogP contribution in [0.3, 0.4) is 0 Å². The molecule has 0 bridgehead atoms. The second-order valence-corrected chi connectivity index (χ2v) is 8.24. The summed E-state index contributed by atoms with van der Waals surface area (Å²) in [6.45, 7) is 4.91. The molecule has 2 N–H and O–H groups in total. The first-order valence-corrected chi connectivity index (χ1v) is 12.1. The Bertz CT molecular complexity index is 1290. The number of benzene rings is 3. The highest BCUT2D eigenvalue weighted by Gasteiger charge is 2.09. The van der Waals surface area contributed by atoms with Crippen molar-refractivity contribution in [2.24, 2.45) is 5.10 Å². The standard InChI is InChI=1S/C27H26N4O3S/c1-3-33-24-15-10-19(16-25(24)34-4-2)17-28-31-26(32)21-13-11-20(12-14-21)23-18-35-27(30-23)29-22-8-6-5-7-9-22/h5-18H,3-4H2,1-2H3,(H,29,30)(H,31,32)/b28-17-. The molecule has 0 aliphatic rings. The Morgan fingerprint density at radius 1 is 0.971 bits per heavy atom. The number of hydrogen-bond acceptors (Lipinski definition) is 7. The number of hydrogen-bond donors (Lipinski definition) is 2. The topological polar surface area (TPSA) is 84.8 Å². The van der Waals surface area contributed by atoms with Crippen LogP contribution in [0.25, 0.3) is 11.3 Å². The monoisotopic (exact) mass is 486 g/mol. The number of rotatable bonds is 10. The predicted molar refractivity (Wildman–Crippen MR) is 141 cm³/mol. The molecular formula is C27H26N4O3S. The first-order valence-electron chi connectivity index (χ1n) is 11.3. The van der Waals surface area contributed by atoms with E-state index in [1.54, 1.807) is 18.3 Å². The summed E-state index contributed by atoms with van der Waals surface area (Å²) in [5.41, 5.74) is 6.62. The van der Waals surface area contributed by atoms with Gasteiger partial charge in [-0.3, -0.25) is 4.79 Å². The van der Waals surface area contributed by atoms with Crippen LogP contribution in [0.2, 0.25) is 0 Å². The zero-order valence-corrected chi connectivity index (χ0v) is 20.3. The van der Waals surface area contributed by atoms with Gasteiger partial charge in [-0.1, -0.05) is 30.3 Å². The van der Waals surface area contributed by atoms with E-state index in [1.165, 1.54) is 11.3 Å². The molecule has 8 heteroatoms. The molecule has 178 valence electrons. The summed E-state index contributed by atoms with van der Waals surface area (Å²) in [6, 6.07) is 22.7. The summed E-state index contributed by atoms with van der Waals surface area (Å²) in [6.07, 6.45) is 1.57. The summed E-state index contributed by atoms with van der Waals surface area (Å²) in [5, 5.41) is 10.2. The second-order valence-electron chi connectivity index (χ2n) is 7.38. The molecule has 0 spiro atoms. The van der Waals surface area contributed by atoms with Crippen molar-refractivity contribution in [1.29, 1.82) is 0 Å². The minimum absolute atomic E-state index is 0.298. The van der Waals surface area contributed by atoms with E-state index in [0.29, 0.717) is 30.3 Å². The average Bonchev–Trinajstić information content (AvgIpc) is 3.35. The van der Waals surface area contributed by atoms with E-state index in [9.17, 15) is 4.79 Å². The third-order valence-corrected chi connectivity index (χ3v) is 5.68. The fraction of sp³-hybridized carbons (Fsp3) is 0.148. The fourth-order valence-corrected chi connectivity index (χ4v) is 4.02. The van der Waals surface area contributed by atoms with Crippen molar-refractivity contribution in [3.05, 3.63) is 89.3 Å². The third-order valence-electron chi connectivity index (χ3n) is 4.92. The number of carbonyl (C=O) groups is 1. The van der Waals surface area contributed by atoms with Crippen LogP contribution in [0.4, 0.5) is 10.8 Å². The van der Waals surface area contributed by atoms with Gasteiger partial charge in [0.1, 0.15) is 0 Å². The number of hydrazone groups is 1. The number of nitrogens with one attached hydrogen (secondary N) is 2. The van der Waals surface area contributed by atoms with E-state index in [4.69, 9.17) is 9.47 Å². The Morgan fingerprint density at radius 3 is 2.46 bits per heavy atom. The zero-order valence-electron chi connectivity index (χ0n) is 19.5. The van der Waals surface area contributed by atoms with Gasteiger partial charge in [0.2, 0.25) is 0 Å². The van der Waals surface area contributed by atoms with Crippen molar-refractivity contribution in [2.45, 2.75) is 13.8 Å². The van der Waals surface area contributed by atoms with E-state index in [-0.39, 0.29) is 5.91 Å². The number of anilines is 2. The predicted octanol–water partition coefficient (Wildman–Crippen LogP) is 6.12. The molecule has 0 aliphatic heterocycles. The van der Waals surface area contributed by atoms with Crippen LogP contribution < -0.4 is 20.2 Å². The normalized spacial score (nSPS) is 10.8. The maximum atomic E-state index is 12.5. The lowest BCUT2D eigenvalue weighted by Gasteiger charge is -2.11. The zero-order chi connectivity index (χ0) is 24.5. The highest BCUT2D eigenvalue weighted by atomic mass is 32.1. The molecule has 1 aromatic heterocycles. The number of aromatic nitrogens is 1. The Kier molecular flexibility index (Phi) is 8.08. The van der Waals surface area contributed by atoms with E-state index in [0.717, 1.165) is 27.6 Å². The molecule has 7 nitrogen and oxygen atoms in total. The Labute approximate surface area is 208 Å². The summed E-state index contributed by atoms with van der Waals surface area (Å²) in [4.78, 5) is 17.1. The molecule has 0 saturated carbocycles. The number of ether oxygens (including phenoxy) is 2. The van der Waals surface area contributed by atoms with Crippen LogP contribution in [0.1, 0.15) is 29.8 Å². The molecule has 0 saturated heterocycles. The van der Waals surface area contributed by atoms with E-state index in [2.05, 4.69) is 20.8 Å². The van der Waals surface area contributed by atoms with E-state index >= 15 is 0 Å². The molecule has 1 heterocycles. The van der Waals surface area contributed by atoms with Crippen molar-refractivity contribution in [3.8, 4) is 22.8 Å². The smallest absolute Gasteiger partial charge is 0.271 e. The van der Waals surface area contributed by atoms with Crippen molar-refractivity contribution in [2.75, 3.05) is 18.5 Å². The van der Waals surface area contributed by atoms with Crippen LogP contribution in [0.15, 0.2) is 83.3 Å². The van der Waals surface area contributed by atoms with E-state index < -0.39 is 0 Å². The number of nitrogens with zero attached hydrogens (tertiary/aromatic N) is 2. The molecular weight excluding hydrogens is 460 g/mol. The van der Waals surface area contributed by atoms with Crippen LogP contribution >= 0.6 is 11.3 Å². The van der Waals surface area contributed by atoms with Gasteiger partial charge in [0.15, 0.2) is 16.6 Å². The van der Waals surface area contributed by atoms with Crippen molar-refractivity contribution in [1.82, 2.24) is 10.4 Å². The minimum atomic E-state index is -0.298. The van der Waals surface area contributed by atoms with E-state index in [1.807, 2.05) is 79.9 Å². The quantitative estimate of drug-likeness (QED) is 0.209. The van der Waals surface area contributed by atoms with Gasteiger partial charge in [-0.15, -0.1) is 11.3 Å². The number of para-hydroxylation sites is 1. The van der Waals surface area contributed by atoms with Crippen molar-refractivity contribution < 1.29 is 14.3 Å². The number of amides is 1. The number of carbonyl (C=O) groups excluding carboxylic acids is 1. The summed E-state index contributed by atoms with van der Waals surface area (Å²) >= 11 is 1.53. The van der Waals surface area contributed by atoms with Gasteiger partial charge in [0.25, 0.3) is 5.91 Å². The molecule has 0 aliphatic carbocycles. The summed E-state index contributed by atoms with van der Waals surface area (Å²) < 4.78 is 11.2. The lowest BCUT2D eigenvalue weighted by molar-refractivity contribution is 0.0955. The first-order chi connectivity index (χ1) is 17.2. The third kappa shape index (κ3) is 6.45. The van der Waals surface area contributed by atoms with Gasteiger partial charge in [0, 0.05) is 22.2 Å². The maximum absolute atomic E-state index is 12.5. The number of thiazole rings is 1. The van der Waals surface area contributed by atoms with Gasteiger partial charge in [0.05, 0.1) is 25.1 Å². The lowest BCUT2D eigenvalue weighted by Crippen LogP contribution is -2.17. The molecule has 3 aromatic carbocycles. The molecule has 4 aromatic rings. The van der Waals surface area contributed by atoms with Crippen LogP contribution in [0, 0.1) is 0 Å². The Morgan fingerprint density at radius 2 is 1.71 bits per heavy atom. The molecule has 0 unspecified atom stereocenters. The SMILES string of the molecule is CCOc1ccc(/C=N\NC(=O)c2ccc(-c3csc(Nc4ccccc4)n3)cc2)cc1OCC. The molecule has 0 atom stereocenters. The summed E-state index contributed by atoms with van der Waals surface area (Å²) in [7, 11) is 0. The molecule has 4 rings (SSSR count). The molecule has 1 amide bonds. The fourth-order valence-electron chi connectivity index (χ4n) is 3.28. The Hall–Kier alpha value is -4.17. The van der Waals surface area contributed by atoms with Crippen LogP contribution in [-0.4, -0.2) is 30.3 Å². The van der Waals surface area contributed by atoms with Crippen LogP contribution in [-0.2, 0) is 0 Å². The first kappa shape index (κ1) is 24.0. The van der Waals surface area contributed by atoms with Gasteiger partial charge in [-0.05, 0) is 61.9 Å². The maximum Gasteiger partial charge on any atom is 0.271 e. The van der Waals surface area contributed by atoms with Gasteiger partial charge in [-0.25, -0.2) is 10.4 Å². The highest BCUT2D eigenvalue weighted by Crippen LogP contribution is 2.28. The average molecular weight is 487 g/mol. The lowest BCUT2D eigenvalue weighted by atomic mass is 10.1. The van der Waals surface area contributed by atoms with Crippen molar-refractivity contribution >= 4 is 34.3 Å². The van der Waals surface area contributed by atoms with Crippen molar-refractivity contribution in [3.63, 3.8) is 0 Å². The summed E-state index contributed by atoms with van der Waals surface area (Å²) in [5.74, 6) is 1.02. The second kappa shape index (κ2) is 11.8. The molecule has 0 fully saturated rings. The molecule has 35 heavy (non-hydrogen) atoms. The highest BCUT2D eigenvalue weighted by molar-refractivity contribution is 7.14. The molecule has 0 radical (unpaired) electrons. The van der Waals surface area contributed by atoms with Crippen LogP contribution in [0.5, 0.6) is 11.5 Å². The Balaban J connectivity index is 1.36.